The zero-order valence-corrected chi connectivity index (χ0v) is 8.96. The summed E-state index contributed by atoms with van der Waals surface area (Å²) in [6, 6.07) is 10.9. The lowest BCUT2D eigenvalue weighted by atomic mass is 10.2. The highest BCUT2D eigenvalue weighted by molar-refractivity contribution is 5.81. The Balaban J connectivity index is 2.41. The Kier molecular flexibility index (Phi) is 2.58. The number of benzene rings is 1. The second-order valence-corrected chi connectivity index (χ2v) is 3.86. The third-order valence-electron chi connectivity index (χ3n) is 2.84. The topological polar surface area (TPSA) is 4.93 Å². The largest absolute Gasteiger partial charge is 0.348 e. The fraction of sp³-hybridized carbons (Fsp3) is 0.385. The lowest BCUT2D eigenvalue weighted by Gasteiger charge is -2.02. The number of aromatic nitrogens is 1. The second kappa shape index (κ2) is 3.87. The average molecular weight is 187 g/mol. The van der Waals surface area contributed by atoms with E-state index in [0.717, 1.165) is 0 Å². The van der Waals surface area contributed by atoms with Crippen LogP contribution in [-0.2, 0) is 13.5 Å². The standard InChI is InChI=1S/C13H17N/c1-3-4-8-12-10-11-7-5-6-9-13(11)14(12)2/h5-7,9-10H,3-4,8H2,1-2H3. The van der Waals surface area contributed by atoms with Crippen LogP contribution in [0.4, 0.5) is 0 Å². The molecule has 0 saturated heterocycles. The molecule has 1 aromatic carbocycles. The molecule has 0 unspecified atom stereocenters. The minimum atomic E-state index is 1.20. The van der Waals surface area contributed by atoms with Gasteiger partial charge in [-0.25, -0.2) is 0 Å². The number of hydrogen-bond donors (Lipinski definition) is 0. The molecule has 0 aliphatic rings. The zero-order chi connectivity index (χ0) is 9.97. The predicted octanol–water partition coefficient (Wildman–Crippen LogP) is 3.52. The van der Waals surface area contributed by atoms with Crippen molar-refractivity contribution in [2.75, 3.05) is 0 Å². The molecule has 0 aliphatic heterocycles. The molecule has 0 N–H and O–H groups in total. The summed E-state index contributed by atoms with van der Waals surface area (Å²) >= 11 is 0. The van der Waals surface area contributed by atoms with Gasteiger partial charge in [-0.05, 0) is 30.4 Å². The van der Waals surface area contributed by atoms with Gasteiger partial charge in [-0.1, -0.05) is 31.5 Å². The maximum atomic E-state index is 2.31. The summed E-state index contributed by atoms with van der Waals surface area (Å²) in [7, 11) is 2.16. The summed E-state index contributed by atoms with van der Waals surface area (Å²) in [6.45, 7) is 2.24. The zero-order valence-electron chi connectivity index (χ0n) is 8.96. The quantitative estimate of drug-likeness (QED) is 0.693. The Labute approximate surface area is 85.4 Å². The van der Waals surface area contributed by atoms with Crippen LogP contribution in [0.25, 0.3) is 10.9 Å². The molecule has 1 heteroatoms. The summed E-state index contributed by atoms with van der Waals surface area (Å²) in [5, 5.41) is 1.36. The van der Waals surface area contributed by atoms with Crippen LogP contribution in [0.15, 0.2) is 30.3 Å². The van der Waals surface area contributed by atoms with E-state index >= 15 is 0 Å². The monoisotopic (exact) mass is 187 g/mol. The van der Waals surface area contributed by atoms with Gasteiger partial charge in [0, 0.05) is 18.3 Å². The molecule has 74 valence electrons. The number of aryl methyl sites for hydroxylation is 2. The van der Waals surface area contributed by atoms with E-state index in [9.17, 15) is 0 Å². The fourth-order valence-corrected chi connectivity index (χ4v) is 1.94. The van der Waals surface area contributed by atoms with Crippen molar-refractivity contribution in [3.05, 3.63) is 36.0 Å². The molecule has 0 atom stereocenters. The highest BCUT2D eigenvalue weighted by Gasteiger charge is 2.03. The van der Waals surface area contributed by atoms with Gasteiger partial charge in [0.25, 0.3) is 0 Å². The predicted molar refractivity (Wildman–Crippen MR) is 61.5 cm³/mol. The molecule has 0 spiro atoms. The molecule has 0 saturated carbocycles. The third kappa shape index (κ3) is 1.54. The van der Waals surface area contributed by atoms with Gasteiger partial charge in [-0.15, -0.1) is 0 Å². The molecule has 1 heterocycles. The van der Waals surface area contributed by atoms with Crippen LogP contribution in [0.2, 0.25) is 0 Å². The summed E-state index contributed by atoms with van der Waals surface area (Å²) < 4.78 is 2.31. The number of hydrogen-bond acceptors (Lipinski definition) is 0. The first kappa shape index (κ1) is 9.32. The van der Waals surface area contributed by atoms with Crippen LogP contribution in [0, 0.1) is 0 Å². The second-order valence-electron chi connectivity index (χ2n) is 3.86. The number of unbranched alkanes of at least 4 members (excludes halogenated alkanes) is 1. The maximum absolute atomic E-state index is 2.31. The van der Waals surface area contributed by atoms with Crippen molar-refractivity contribution < 1.29 is 0 Å². The van der Waals surface area contributed by atoms with E-state index in [1.165, 1.54) is 35.9 Å². The van der Waals surface area contributed by atoms with Gasteiger partial charge < -0.3 is 4.57 Å². The Morgan fingerprint density at radius 1 is 1.21 bits per heavy atom. The first-order valence-electron chi connectivity index (χ1n) is 5.36. The van der Waals surface area contributed by atoms with Crippen molar-refractivity contribution in [1.82, 2.24) is 4.57 Å². The van der Waals surface area contributed by atoms with E-state index in [1.54, 1.807) is 0 Å². The van der Waals surface area contributed by atoms with E-state index in [1.807, 2.05) is 0 Å². The normalized spacial score (nSPS) is 11.0. The minimum absolute atomic E-state index is 1.20. The molecular weight excluding hydrogens is 170 g/mol. The molecule has 0 amide bonds. The van der Waals surface area contributed by atoms with E-state index in [0.29, 0.717) is 0 Å². The van der Waals surface area contributed by atoms with Crippen LogP contribution >= 0.6 is 0 Å². The fourth-order valence-electron chi connectivity index (χ4n) is 1.94. The van der Waals surface area contributed by atoms with Crippen molar-refractivity contribution >= 4 is 10.9 Å². The molecule has 1 aromatic heterocycles. The van der Waals surface area contributed by atoms with Gasteiger partial charge in [0.1, 0.15) is 0 Å². The van der Waals surface area contributed by atoms with Crippen molar-refractivity contribution in [3.63, 3.8) is 0 Å². The van der Waals surface area contributed by atoms with Crippen LogP contribution in [0.3, 0.4) is 0 Å². The Morgan fingerprint density at radius 2 is 2.00 bits per heavy atom. The average Bonchev–Trinajstić information content (AvgIpc) is 2.54. The van der Waals surface area contributed by atoms with E-state index in [4.69, 9.17) is 0 Å². The molecule has 0 radical (unpaired) electrons. The number of nitrogens with zero attached hydrogens (tertiary/aromatic N) is 1. The van der Waals surface area contributed by atoms with Gasteiger partial charge in [-0.2, -0.15) is 0 Å². The van der Waals surface area contributed by atoms with Crippen LogP contribution in [-0.4, -0.2) is 4.57 Å². The minimum Gasteiger partial charge on any atom is -0.348 e. The van der Waals surface area contributed by atoms with Crippen LogP contribution in [0.5, 0.6) is 0 Å². The van der Waals surface area contributed by atoms with Gasteiger partial charge >= 0.3 is 0 Å². The summed E-state index contributed by atoms with van der Waals surface area (Å²) in [6.07, 6.45) is 3.74. The van der Waals surface area contributed by atoms with Crippen molar-refractivity contribution in [3.8, 4) is 0 Å². The lowest BCUT2D eigenvalue weighted by molar-refractivity contribution is 0.742. The first-order valence-corrected chi connectivity index (χ1v) is 5.36. The molecule has 0 aliphatic carbocycles. The third-order valence-corrected chi connectivity index (χ3v) is 2.84. The van der Waals surface area contributed by atoms with Crippen LogP contribution < -0.4 is 0 Å². The number of para-hydroxylation sites is 1. The van der Waals surface area contributed by atoms with Crippen molar-refractivity contribution in [2.24, 2.45) is 7.05 Å². The van der Waals surface area contributed by atoms with Crippen molar-refractivity contribution in [1.29, 1.82) is 0 Å². The van der Waals surface area contributed by atoms with E-state index < -0.39 is 0 Å². The Morgan fingerprint density at radius 3 is 2.71 bits per heavy atom. The van der Waals surface area contributed by atoms with Crippen LogP contribution in [0.1, 0.15) is 25.5 Å². The molecule has 0 bridgehead atoms. The number of fused-ring (bicyclic) bond motifs is 1. The Bertz CT molecular complexity index is 426. The highest BCUT2D eigenvalue weighted by Crippen LogP contribution is 2.19. The molecule has 1 nitrogen and oxygen atoms in total. The summed E-state index contributed by atoms with van der Waals surface area (Å²) in [4.78, 5) is 0. The smallest absolute Gasteiger partial charge is 0.0479 e. The molecular formula is C13H17N. The highest BCUT2D eigenvalue weighted by atomic mass is 14.9. The molecule has 2 aromatic rings. The Hall–Kier alpha value is -1.24. The number of rotatable bonds is 3. The van der Waals surface area contributed by atoms with Gasteiger partial charge in [0.2, 0.25) is 0 Å². The summed E-state index contributed by atoms with van der Waals surface area (Å²) in [5.41, 5.74) is 2.80. The van der Waals surface area contributed by atoms with Crippen molar-refractivity contribution in [2.45, 2.75) is 26.2 Å². The maximum Gasteiger partial charge on any atom is 0.0479 e. The van der Waals surface area contributed by atoms with Gasteiger partial charge in [0.15, 0.2) is 0 Å². The first-order chi connectivity index (χ1) is 6.83. The summed E-state index contributed by atoms with van der Waals surface area (Å²) in [5.74, 6) is 0. The van der Waals surface area contributed by atoms with Gasteiger partial charge in [-0.3, -0.25) is 0 Å². The SMILES string of the molecule is CCCCc1cc2ccccc2n1C. The lowest BCUT2D eigenvalue weighted by Crippen LogP contribution is -1.95. The van der Waals surface area contributed by atoms with E-state index in [-0.39, 0.29) is 0 Å². The molecule has 14 heavy (non-hydrogen) atoms. The molecule has 2 rings (SSSR count). The van der Waals surface area contributed by atoms with E-state index in [2.05, 4.69) is 48.9 Å². The van der Waals surface area contributed by atoms with Gasteiger partial charge in [0.05, 0.1) is 0 Å². The molecule has 0 fully saturated rings.